The molecule has 0 aromatic heterocycles. The number of carbonyl (C=O) groups excluding carboxylic acids is 2. The van der Waals surface area contributed by atoms with Crippen LogP contribution in [0.25, 0.3) is 0 Å². The van der Waals surface area contributed by atoms with Crippen LogP contribution < -0.4 is 0 Å². The molecule has 4 atom stereocenters. The summed E-state index contributed by atoms with van der Waals surface area (Å²) in [5.74, 6) is 0.621. The van der Waals surface area contributed by atoms with Crippen molar-refractivity contribution in [2.45, 2.75) is 89.8 Å². The summed E-state index contributed by atoms with van der Waals surface area (Å²) in [5.41, 5.74) is 0.570. The molecule has 3 fully saturated rings. The summed E-state index contributed by atoms with van der Waals surface area (Å²) in [5, 5.41) is 10.6. The quantitative estimate of drug-likeness (QED) is 0.709. The summed E-state index contributed by atoms with van der Waals surface area (Å²) in [6.45, 7) is 13.6. The van der Waals surface area contributed by atoms with E-state index in [-0.39, 0.29) is 34.8 Å². The summed E-state index contributed by atoms with van der Waals surface area (Å²) in [6.07, 6.45) is 2.69. The number of carbonyl (C=O) groups is 2. The molecule has 1 aromatic rings. The van der Waals surface area contributed by atoms with Crippen molar-refractivity contribution in [1.82, 2.24) is 9.80 Å². The number of ether oxygens (including phenoxy) is 1. The molecular weight excluding hydrogens is 404 g/mol. The van der Waals surface area contributed by atoms with Gasteiger partial charge < -0.3 is 14.7 Å². The number of likely N-dealkylation sites (tertiary alicyclic amines) is 2. The van der Waals surface area contributed by atoms with E-state index >= 15 is 0 Å². The van der Waals surface area contributed by atoms with Crippen LogP contribution in [-0.4, -0.2) is 57.2 Å². The van der Waals surface area contributed by atoms with Gasteiger partial charge >= 0.3 is 6.09 Å². The van der Waals surface area contributed by atoms with Crippen LogP contribution in [0.4, 0.5) is 4.79 Å². The van der Waals surface area contributed by atoms with E-state index in [4.69, 9.17) is 4.74 Å². The average molecular weight is 441 g/mol. The number of benzene rings is 1. The van der Waals surface area contributed by atoms with Crippen LogP contribution in [0.1, 0.15) is 71.9 Å². The topological polar surface area (TPSA) is 70.1 Å². The molecule has 2 heterocycles. The van der Waals surface area contributed by atoms with Crippen LogP contribution >= 0.6 is 0 Å². The highest BCUT2D eigenvalue weighted by molar-refractivity contribution is 5.95. The summed E-state index contributed by atoms with van der Waals surface area (Å²) in [7, 11) is 0. The molecule has 2 aliphatic heterocycles. The fraction of sp³-hybridized carbons (Fsp3) is 0.692. The first-order valence-electron chi connectivity index (χ1n) is 12.0. The summed E-state index contributed by atoms with van der Waals surface area (Å²) in [6, 6.07) is 5.80. The van der Waals surface area contributed by atoms with Gasteiger partial charge in [0, 0.05) is 24.5 Å². The van der Waals surface area contributed by atoms with Crippen molar-refractivity contribution < 1.29 is 19.4 Å². The van der Waals surface area contributed by atoms with Crippen molar-refractivity contribution in [3.63, 3.8) is 0 Å². The van der Waals surface area contributed by atoms with Gasteiger partial charge in [-0.25, -0.2) is 4.79 Å². The number of aromatic hydroxyl groups is 1. The van der Waals surface area contributed by atoms with E-state index in [1.54, 1.807) is 11.0 Å². The molecule has 2 bridgehead atoms. The van der Waals surface area contributed by atoms with E-state index in [0.29, 0.717) is 25.3 Å². The van der Waals surface area contributed by atoms with Crippen LogP contribution in [0.3, 0.4) is 0 Å². The highest BCUT2D eigenvalue weighted by atomic mass is 16.6. The van der Waals surface area contributed by atoms with Crippen molar-refractivity contribution in [3.8, 4) is 5.75 Å². The third-order valence-corrected chi connectivity index (χ3v) is 9.13. The Kier molecular flexibility index (Phi) is 4.33. The summed E-state index contributed by atoms with van der Waals surface area (Å²) < 4.78 is 5.67. The van der Waals surface area contributed by atoms with Crippen molar-refractivity contribution in [1.29, 1.82) is 0 Å². The average Bonchev–Trinajstić information content (AvgIpc) is 3.28. The van der Waals surface area contributed by atoms with Gasteiger partial charge in [-0.15, -0.1) is 0 Å². The van der Waals surface area contributed by atoms with Gasteiger partial charge in [0.15, 0.2) is 0 Å². The number of nitrogens with zero attached hydrogens (tertiary/aromatic N) is 2. The highest BCUT2D eigenvalue weighted by Gasteiger charge is 2.71. The maximum Gasteiger partial charge on any atom is 0.411 e. The van der Waals surface area contributed by atoms with Gasteiger partial charge in [0.1, 0.15) is 16.9 Å². The van der Waals surface area contributed by atoms with Gasteiger partial charge in [0.05, 0.1) is 0 Å². The fourth-order valence-electron chi connectivity index (χ4n) is 6.84. The van der Waals surface area contributed by atoms with E-state index in [9.17, 15) is 14.7 Å². The van der Waals surface area contributed by atoms with E-state index in [0.717, 1.165) is 24.8 Å². The van der Waals surface area contributed by atoms with Gasteiger partial charge in [-0.05, 0) is 75.0 Å². The van der Waals surface area contributed by atoms with Gasteiger partial charge in [0.2, 0.25) is 5.91 Å². The maximum absolute atomic E-state index is 14.1. The molecule has 5 rings (SSSR count). The van der Waals surface area contributed by atoms with Crippen LogP contribution in [0.15, 0.2) is 18.2 Å². The zero-order valence-electron chi connectivity index (χ0n) is 20.2. The molecule has 2 amide bonds. The zero-order valence-corrected chi connectivity index (χ0v) is 20.2. The number of phenolic OH excluding ortho intramolecular Hbond substituents is 1. The Morgan fingerprint density at radius 2 is 1.88 bits per heavy atom. The van der Waals surface area contributed by atoms with E-state index < -0.39 is 11.1 Å². The van der Waals surface area contributed by atoms with Crippen LogP contribution in [0.2, 0.25) is 0 Å². The normalized spacial score (nSPS) is 34.6. The standard InChI is InChI=1S/C26H36N2O4/c1-23(2,3)32-22(31)28-12-10-16-15-26(16,28)21(30)27-13-11-25(6)18-8-7-9-19(29)17(18)14-20(27)24(25,4)5/h7-9,16,20,29H,10-15H2,1-6H3/t16-,20-,25+,26+/m1/s1. The smallest absolute Gasteiger partial charge is 0.411 e. The minimum Gasteiger partial charge on any atom is -0.508 e. The summed E-state index contributed by atoms with van der Waals surface area (Å²) in [4.78, 5) is 30.9. The van der Waals surface area contributed by atoms with Crippen LogP contribution in [-0.2, 0) is 21.4 Å². The Hall–Kier alpha value is -2.24. The third kappa shape index (κ3) is 2.70. The monoisotopic (exact) mass is 440 g/mol. The SMILES string of the molecule is CC(C)(C)OC(=O)N1CC[C@@H]2C[C@@]21C(=O)N1CC[C@@]2(C)c3cccc(O)c3C[C@@H]1C2(C)C. The maximum atomic E-state index is 14.1. The minimum atomic E-state index is -0.745. The molecule has 1 aromatic carbocycles. The zero-order chi connectivity index (χ0) is 23.3. The number of amides is 2. The number of rotatable bonds is 1. The highest BCUT2D eigenvalue weighted by Crippen LogP contribution is 2.61. The van der Waals surface area contributed by atoms with Crippen LogP contribution in [0, 0.1) is 11.3 Å². The molecule has 0 spiro atoms. The lowest BCUT2D eigenvalue weighted by Crippen LogP contribution is -2.67. The van der Waals surface area contributed by atoms with Crippen LogP contribution in [0.5, 0.6) is 5.75 Å². The Balaban J connectivity index is 1.49. The summed E-state index contributed by atoms with van der Waals surface area (Å²) >= 11 is 0. The Morgan fingerprint density at radius 1 is 1.16 bits per heavy atom. The second-order valence-electron chi connectivity index (χ2n) is 12.1. The molecule has 6 heteroatoms. The molecule has 32 heavy (non-hydrogen) atoms. The molecule has 174 valence electrons. The van der Waals surface area contributed by atoms with Crippen molar-refractivity contribution in [2.75, 3.05) is 13.1 Å². The second kappa shape index (κ2) is 6.42. The number of hydrogen-bond acceptors (Lipinski definition) is 4. The third-order valence-electron chi connectivity index (χ3n) is 9.13. The van der Waals surface area contributed by atoms with Crippen molar-refractivity contribution >= 4 is 12.0 Å². The second-order valence-corrected chi connectivity index (χ2v) is 12.1. The molecule has 2 aliphatic carbocycles. The lowest BCUT2D eigenvalue weighted by atomic mass is 9.51. The van der Waals surface area contributed by atoms with Gasteiger partial charge in [-0.2, -0.15) is 0 Å². The Bertz CT molecular complexity index is 996. The largest absolute Gasteiger partial charge is 0.508 e. The fourth-order valence-corrected chi connectivity index (χ4v) is 6.84. The molecule has 0 radical (unpaired) electrons. The van der Waals surface area contributed by atoms with Gasteiger partial charge in [0.25, 0.3) is 0 Å². The van der Waals surface area contributed by atoms with Crippen molar-refractivity contribution in [3.05, 3.63) is 29.3 Å². The molecule has 2 saturated heterocycles. The lowest BCUT2D eigenvalue weighted by Gasteiger charge is -2.61. The number of phenols is 1. The van der Waals surface area contributed by atoms with E-state index in [2.05, 4.69) is 26.8 Å². The molecule has 1 N–H and O–H groups in total. The first kappa shape index (κ1) is 21.6. The number of piperidine rings is 2. The molecule has 4 aliphatic rings. The lowest BCUT2D eigenvalue weighted by molar-refractivity contribution is -0.150. The van der Waals surface area contributed by atoms with E-state index in [1.807, 2.05) is 31.7 Å². The number of hydrogen-bond donors (Lipinski definition) is 1. The molecule has 0 unspecified atom stereocenters. The van der Waals surface area contributed by atoms with E-state index in [1.165, 1.54) is 5.56 Å². The minimum absolute atomic E-state index is 0.0220. The molecule has 1 saturated carbocycles. The molecular formula is C26H36N2O4. The predicted octanol–water partition coefficient (Wildman–Crippen LogP) is 4.23. The number of fused-ring (bicyclic) bond motifs is 5. The van der Waals surface area contributed by atoms with Gasteiger partial charge in [-0.1, -0.05) is 32.9 Å². The first-order chi connectivity index (χ1) is 14.8. The molecule has 6 nitrogen and oxygen atoms in total. The first-order valence-corrected chi connectivity index (χ1v) is 12.0. The van der Waals surface area contributed by atoms with Gasteiger partial charge in [-0.3, -0.25) is 9.69 Å². The Labute approximate surface area is 190 Å². The predicted molar refractivity (Wildman–Crippen MR) is 121 cm³/mol. The van der Waals surface area contributed by atoms with Crippen molar-refractivity contribution in [2.24, 2.45) is 11.3 Å². The Morgan fingerprint density at radius 3 is 2.53 bits per heavy atom.